The summed E-state index contributed by atoms with van der Waals surface area (Å²) in [5.41, 5.74) is 4.71. The van der Waals surface area contributed by atoms with Crippen molar-refractivity contribution in [2.75, 3.05) is 32.8 Å². The molecule has 1 heterocycles. The van der Waals surface area contributed by atoms with Crippen molar-refractivity contribution in [3.63, 3.8) is 0 Å². The van der Waals surface area contributed by atoms with Gasteiger partial charge < -0.3 is 19.5 Å². The number of β-amino-alcohol motifs (C(OH)–C–C–N with tert-alkyl or cyclic N) is 1. The third-order valence-corrected chi connectivity index (χ3v) is 7.15. The fourth-order valence-electron chi connectivity index (χ4n) is 4.69. The molecular weight excluding hydrogens is 505 g/mol. The van der Waals surface area contributed by atoms with E-state index in [-0.39, 0.29) is 30.9 Å². The van der Waals surface area contributed by atoms with Crippen LogP contribution in [0.25, 0.3) is 0 Å². The Morgan fingerprint density at radius 2 is 1.82 bits per heavy atom. The van der Waals surface area contributed by atoms with E-state index >= 15 is 0 Å². The predicted molar refractivity (Wildman–Crippen MR) is 152 cm³/mol. The van der Waals surface area contributed by atoms with E-state index in [1.54, 1.807) is 19.9 Å². The molecule has 0 bridgehead atoms. The van der Waals surface area contributed by atoms with E-state index in [0.717, 1.165) is 35.7 Å². The largest absolute Gasteiger partial charge is 0.466 e. The van der Waals surface area contributed by atoms with Gasteiger partial charge in [-0.05, 0) is 100 Å². The number of nitrogens with zero attached hydrogens (tertiary/aromatic N) is 1. The van der Waals surface area contributed by atoms with Gasteiger partial charge in [0.25, 0.3) is 0 Å². The number of hydrogen-bond acceptors (Lipinski definition) is 5. The molecule has 38 heavy (non-hydrogen) atoms. The van der Waals surface area contributed by atoms with Crippen molar-refractivity contribution in [1.29, 1.82) is 0 Å². The van der Waals surface area contributed by atoms with Crippen molar-refractivity contribution in [2.24, 2.45) is 0 Å². The summed E-state index contributed by atoms with van der Waals surface area (Å²) in [4.78, 5) is 14.0. The van der Waals surface area contributed by atoms with Crippen molar-refractivity contribution in [3.8, 4) is 0 Å². The molecule has 0 saturated carbocycles. The normalized spacial score (nSPS) is 15.1. The minimum atomic E-state index is -0.564. The first-order valence-electron chi connectivity index (χ1n) is 13.9. The van der Waals surface area contributed by atoms with Crippen LogP contribution in [0, 0.1) is 19.7 Å². The maximum Gasteiger partial charge on any atom is 0.306 e. The molecule has 0 aromatic heterocycles. The van der Waals surface area contributed by atoms with Crippen LogP contribution in [0.5, 0.6) is 0 Å². The Morgan fingerprint density at radius 1 is 1.11 bits per heavy atom. The molecule has 212 valence electrons. The third kappa shape index (κ3) is 10.6. The molecule has 5 nitrogen and oxygen atoms in total. The van der Waals surface area contributed by atoms with Gasteiger partial charge in [0.05, 0.1) is 25.4 Å². The summed E-state index contributed by atoms with van der Waals surface area (Å²) in [7, 11) is 0. The van der Waals surface area contributed by atoms with Crippen LogP contribution in [-0.4, -0.2) is 54.9 Å². The summed E-state index contributed by atoms with van der Waals surface area (Å²) in [5, 5.41) is 11.2. The zero-order valence-electron chi connectivity index (χ0n) is 23.7. The van der Waals surface area contributed by atoms with Crippen molar-refractivity contribution < 1.29 is 23.8 Å². The number of benzene rings is 2. The molecule has 3 rings (SSSR count). The van der Waals surface area contributed by atoms with Gasteiger partial charge in [0.1, 0.15) is 5.82 Å². The van der Waals surface area contributed by atoms with Gasteiger partial charge in [-0.2, -0.15) is 0 Å². The van der Waals surface area contributed by atoms with Crippen LogP contribution in [0.4, 0.5) is 4.39 Å². The number of rotatable bonds is 12. The van der Waals surface area contributed by atoms with E-state index in [9.17, 15) is 14.3 Å². The third-order valence-electron chi connectivity index (χ3n) is 6.78. The van der Waals surface area contributed by atoms with Crippen LogP contribution >= 0.6 is 11.6 Å². The average Bonchev–Trinajstić information content (AvgIpc) is 3.40. The quantitative estimate of drug-likeness (QED) is 0.296. The maximum atomic E-state index is 14.2. The average molecular weight is 550 g/mol. The molecule has 1 aliphatic rings. The van der Waals surface area contributed by atoms with E-state index in [1.807, 2.05) is 19.1 Å². The van der Waals surface area contributed by atoms with E-state index < -0.39 is 6.10 Å². The van der Waals surface area contributed by atoms with E-state index in [1.165, 1.54) is 30.0 Å². The standard InChI is InChI=1S/C22H34FNO4.C9H11Cl/c1-4-21(28-15-18(25)14-24-10-6-7-11-24)19-13-20(23)16(3)12-17(19)8-9-22(26)27-5-2;1-3-8-6-7(2)4-5-9(8)10/h12-13,18,21,25H,4-11,14-15H2,1-3H3;4-6H,3H2,1-2H3. The van der Waals surface area contributed by atoms with Crippen LogP contribution in [0.2, 0.25) is 5.02 Å². The first-order valence-corrected chi connectivity index (χ1v) is 14.3. The second kappa shape index (κ2) is 16.9. The Morgan fingerprint density at radius 3 is 2.42 bits per heavy atom. The molecule has 2 unspecified atom stereocenters. The number of ether oxygens (including phenoxy) is 2. The Kier molecular flexibility index (Phi) is 14.3. The van der Waals surface area contributed by atoms with Crippen LogP contribution in [0.1, 0.15) is 80.4 Å². The van der Waals surface area contributed by atoms with Gasteiger partial charge in [-0.3, -0.25) is 4.79 Å². The highest BCUT2D eigenvalue weighted by atomic mass is 35.5. The fraction of sp³-hybridized carbons (Fsp3) is 0.581. The highest BCUT2D eigenvalue weighted by molar-refractivity contribution is 6.31. The molecule has 2 atom stereocenters. The van der Waals surface area contributed by atoms with Crippen LogP contribution in [0.15, 0.2) is 30.3 Å². The van der Waals surface area contributed by atoms with Gasteiger partial charge in [0, 0.05) is 18.0 Å². The van der Waals surface area contributed by atoms with Crippen molar-refractivity contribution in [2.45, 2.75) is 85.4 Å². The number of aliphatic hydroxyl groups is 1. The highest BCUT2D eigenvalue weighted by Gasteiger charge is 2.21. The molecule has 1 N–H and O–H groups in total. The fourth-order valence-corrected chi connectivity index (χ4v) is 4.94. The minimum Gasteiger partial charge on any atom is -0.466 e. The lowest BCUT2D eigenvalue weighted by atomic mass is 9.95. The number of halogens is 2. The zero-order valence-corrected chi connectivity index (χ0v) is 24.5. The van der Waals surface area contributed by atoms with Crippen LogP contribution in [0.3, 0.4) is 0 Å². The SMILES string of the molecule is CCOC(=O)CCc1cc(C)c(F)cc1C(CC)OCC(O)CN1CCCC1.CCc1cc(C)ccc1Cl. The molecule has 0 amide bonds. The summed E-state index contributed by atoms with van der Waals surface area (Å²) in [6, 6.07) is 9.41. The Labute approximate surface area is 233 Å². The number of carbonyl (C=O) groups is 1. The minimum absolute atomic E-state index is 0.210. The molecule has 1 saturated heterocycles. The lowest BCUT2D eigenvalue weighted by molar-refractivity contribution is -0.143. The Bertz CT molecular complexity index is 1010. The van der Waals surface area contributed by atoms with Crippen LogP contribution < -0.4 is 0 Å². The lowest BCUT2D eigenvalue weighted by Crippen LogP contribution is -2.33. The second-order valence-electron chi connectivity index (χ2n) is 9.95. The maximum absolute atomic E-state index is 14.2. The van der Waals surface area contributed by atoms with Gasteiger partial charge in [-0.15, -0.1) is 0 Å². The number of aryl methyl sites for hydroxylation is 4. The van der Waals surface area contributed by atoms with Gasteiger partial charge in [-0.1, -0.05) is 49.2 Å². The molecular formula is C31H45ClFNO4. The molecule has 7 heteroatoms. The van der Waals surface area contributed by atoms with Crippen molar-refractivity contribution >= 4 is 17.6 Å². The summed E-state index contributed by atoms with van der Waals surface area (Å²) in [6.07, 6.45) is 3.87. The number of likely N-dealkylation sites (tertiary alicyclic amines) is 1. The number of carbonyl (C=O) groups excluding carboxylic acids is 1. The Balaban J connectivity index is 0.000000423. The summed E-state index contributed by atoms with van der Waals surface area (Å²) in [6.45, 7) is 12.9. The first kappa shape index (κ1) is 32.2. The lowest BCUT2D eigenvalue weighted by Gasteiger charge is -2.24. The molecule has 1 fully saturated rings. The molecule has 0 radical (unpaired) electrons. The molecule has 2 aromatic carbocycles. The van der Waals surface area contributed by atoms with E-state index in [0.29, 0.717) is 31.6 Å². The highest BCUT2D eigenvalue weighted by Crippen LogP contribution is 2.28. The number of aliphatic hydroxyl groups excluding tert-OH is 1. The summed E-state index contributed by atoms with van der Waals surface area (Å²) < 4.78 is 25.2. The molecule has 1 aliphatic heterocycles. The van der Waals surface area contributed by atoms with Crippen molar-refractivity contribution in [3.05, 3.63) is 69.0 Å². The smallest absolute Gasteiger partial charge is 0.306 e. The summed E-state index contributed by atoms with van der Waals surface area (Å²) >= 11 is 5.90. The molecule has 0 spiro atoms. The van der Waals surface area contributed by atoms with E-state index in [2.05, 4.69) is 24.8 Å². The molecule has 2 aromatic rings. The van der Waals surface area contributed by atoms with Gasteiger partial charge in [0.2, 0.25) is 0 Å². The zero-order chi connectivity index (χ0) is 28.1. The monoisotopic (exact) mass is 549 g/mol. The summed E-state index contributed by atoms with van der Waals surface area (Å²) in [5.74, 6) is -0.542. The van der Waals surface area contributed by atoms with Crippen molar-refractivity contribution in [1.82, 2.24) is 4.90 Å². The van der Waals surface area contributed by atoms with E-state index in [4.69, 9.17) is 21.1 Å². The number of hydrogen-bond donors (Lipinski definition) is 1. The van der Waals surface area contributed by atoms with Crippen LogP contribution in [-0.2, 0) is 27.1 Å². The topological polar surface area (TPSA) is 59.0 Å². The first-order chi connectivity index (χ1) is 18.2. The number of esters is 1. The van der Waals surface area contributed by atoms with Gasteiger partial charge in [-0.25, -0.2) is 4.39 Å². The van der Waals surface area contributed by atoms with Gasteiger partial charge >= 0.3 is 5.97 Å². The second-order valence-corrected chi connectivity index (χ2v) is 10.4. The Hall–Kier alpha value is -1.99. The van der Waals surface area contributed by atoms with Gasteiger partial charge in [0.15, 0.2) is 0 Å². The predicted octanol–water partition coefficient (Wildman–Crippen LogP) is 6.77. The molecule has 0 aliphatic carbocycles.